The molecule has 2 aromatic rings. The summed E-state index contributed by atoms with van der Waals surface area (Å²) in [6, 6.07) is 7.48. The summed E-state index contributed by atoms with van der Waals surface area (Å²) in [5.41, 5.74) is 1.74. The number of methoxy groups -OCH3 is 2. The van der Waals surface area contributed by atoms with Crippen molar-refractivity contribution in [3.8, 4) is 11.5 Å². The van der Waals surface area contributed by atoms with Gasteiger partial charge in [0.25, 0.3) is 0 Å². The number of hydrogen-bond donors (Lipinski definition) is 1. The highest BCUT2D eigenvalue weighted by Crippen LogP contribution is 2.39. The maximum Gasteiger partial charge on any atom is 0.128 e. The van der Waals surface area contributed by atoms with Crippen molar-refractivity contribution in [3.05, 3.63) is 45.6 Å². The highest BCUT2D eigenvalue weighted by Gasteiger charge is 2.22. The molecule has 3 nitrogen and oxygen atoms in total. The van der Waals surface area contributed by atoms with Gasteiger partial charge in [0.05, 0.1) is 19.8 Å². The van der Waals surface area contributed by atoms with Crippen molar-refractivity contribution >= 4 is 11.3 Å². The van der Waals surface area contributed by atoms with Crippen LogP contribution < -0.4 is 9.47 Å². The molecule has 1 aromatic carbocycles. The molecule has 0 aliphatic rings. The molecule has 0 fully saturated rings. The van der Waals surface area contributed by atoms with Gasteiger partial charge in [0, 0.05) is 4.88 Å². The van der Waals surface area contributed by atoms with E-state index in [0.29, 0.717) is 17.1 Å². The van der Waals surface area contributed by atoms with Crippen LogP contribution in [0.1, 0.15) is 22.1 Å². The van der Waals surface area contributed by atoms with Gasteiger partial charge >= 0.3 is 0 Å². The molecule has 4 heteroatoms. The summed E-state index contributed by atoms with van der Waals surface area (Å²) >= 11 is 1.53. The molecular weight excluding hydrogens is 248 g/mol. The highest BCUT2D eigenvalue weighted by molar-refractivity contribution is 7.10. The number of aliphatic hydroxyl groups excluding tert-OH is 1. The van der Waals surface area contributed by atoms with Crippen molar-refractivity contribution in [3.63, 3.8) is 0 Å². The summed E-state index contributed by atoms with van der Waals surface area (Å²) in [6.45, 7) is 1.98. The molecule has 0 bridgehead atoms. The van der Waals surface area contributed by atoms with Gasteiger partial charge in [-0.25, -0.2) is 0 Å². The fourth-order valence-electron chi connectivity index (χ4n) is 1.95. The van der Waals surface area contributed by atoms with Crippen molar-refractivity contribution in [2.75, 3.05) is 14.2 Å². The number of hydrogen-bond acceptors (Lipinski definition) is 4. The molecule has 18 heavy (non-hydrogen) atoms. The third-order valence-electron chi connectivity index (χ3n) is 2.89. The van der Waals surface area contributed by atoms with E-state index < -0.39 is 6.10 Å². The fourth-order valence-corrected chi connectivity index (χ4v) is 2.86. The molecule has 2 rings (SSSR count). The maximum atomic E-state index is 10.5. The Morgan fingerprint density at radius 3 is 2.17 bits per heavy atom. The van der Waals surface area contributed by atoms with E-state index >= 15 is 0 Å². The first kappa shape index (κ1) is 12.9. The smallest absolute Gasteiger partial charge is 0.128 e. The van der Waals surface area contributed by atoms with E-state index in [1.165, 1.54) is 11.3 Å². The molecule has 1 heterocycles. The van der Waals surface area contributed by atoms with Gasteiger partial charge in [0.1, 0.15) is 17.6 Å². The minimum absolute atomic E-state index is 0.634. The van der Waals surface area contributed by atoms with Crippen molar-refractivity contribution < 1.29 is 14.6 Å². The van der Waals surface area contributed by atoms with E-state index in [1.807, 2.05) is 36.6 Å². The molecule has 0 aliphatic carbocycles. The summed E-state index contributed by atoms with van der Waals surface area (Å²) in [4.78, 5) is 0.915. The average Bonchev–Trinajstić information content (AvgIpc) is 2.83. The first-order chi connectivity index (χ1) is 8.69. The third-order valence-corrected chi connectivity index (χ3v) is 3.96. The van der Waals surface area contributed by atoms with Gasteiger partial charge in [-0.05, 0) is 36.1 Å². The lowest BCUT2D eigenvalue weighted by Crippen LogP contribution is -2.04. The molecule has 96 valence electrons. The summed E-state index contributed by atoms with van der Waals surface area (Å²) in [5, 5.41) is 12.5. The van der Waals surface area contributed by atoms with Crippen molar-refractivity contribution in [1.82, 2.24) is 0 Å². The van der Waals surface area contributed by atoms with Gasteiger partial charge in [-0.1, -0.05) is 6.07 Å². The van der Waals surface area contributed by atoms with E-state index in [9.17, 15) is 5.11 Å². The Kier molecular flexibility index (Phi) is 3.89. The zero-order valence-electron chi connectivity index (χ0n) is 10.6. The van der Waals surface area contributed by atoms with Crippen LogP contribution in [-0.2, 0) is 0 Å². The molecule has 1 aromatic heterocycles. The van der Waals surface area contributed by atoms with Crippen LogP contribution in [0.5, 0.6) is 11.5 Å². The molecular formula is C14H16O3S. The largest absolute Gasteiger partial charge is 0.496 e. The minimum Gasteiger partial charge on any atom is -0.496 e. The first-order valence-corrected chi connectivity index (χ1v) is 6.50. The Bertz CT molecular complexity index is 511. The second kappa shape index (κ2) is 5.42. The summed E-state index contributed by atoms with van der Waals surface area (Å²) in [5.74, 6) is 1.27. The van der Waals surface area contributed by atoms with E-state index in [-0.39, 0.29) is 0 Å². The minimum atomic E-state index is -0.726. The van der Waals surface area contributed by atoms with Crippen LogP contribution in [0.15, 0.2) is 29.6 Å². The van der Waals surface area contributed by atoms with Crippen LogP contribution in [0.3, 0.4) is 0 Å². The second-order valence-electron chi connectivity index (χ2n) is 3.95. The van der Waals surface area contributed by atoms with E-state index in [1.54, 1.807) is 14.2 Å². The van der Waals surface area contributed by atoms with Gasteiger partial charge < -0.3 is 14.6 Å². The van der Waals surface area contributed by atoms with Crippen molar-refractivity contribution in [2.45, 2.75) is 13.0 Å². The Morgan fingerprint density at radius 1 is 1.11 bits per heavy atom. The predicted octanol–water partition coefficient (Wildman–Crippen LogP) is 3.16. The van der Waals surface area contributed by atoms with Gasteiger partial charge in [-0.15, -0.1) is 11.3 Å². The fraction of sp³-hybridized carbons (Fsp3) is 0.286. The normalized spacial score (nSPS) is 12.2. The van der Waals surface area contributed by atoms with Crippen molar-refractivity contribution in [1.29, 1.82) is 0 Å². The number of aliphatic hydroxyl groups is 1. The standard InChI is InChI=1S/C14H16O3S/c1-9-7-8-18-14(9)13(15)12-10(16-2)5-4-6-11(12)17-3/h4-8,13,15H,1-3H3. The van der Waals surface area contributed by atoms with Crippen LogP contribution >= 0.6 is 11.3 Å². The topological polar surface area (TPSA) is 38.7 Å². The van der Waals surface area contributed by atoms with Crippen LogP contribution in [0.4, 0.5) is 0 Å². The van der Waals surface area contributed by atoms with Crippen LogP contribution in [0, 0.1) is 6.92 Å². The SMILES string of the molecule is COc1cccc(OC)c1C(O)c1sccc1C. The molecule has 0 aliphatic heterocycles. The number of thiophene rings is 1. The van der Waals surface area contributed by atoms with Gasteiger partial charge in [-0.2, -0.15) is 0 Å². The Labute approximate surface area is 111 Å². The van der Waals surface area contributed by atoms with Crippen LogP contribution in [0.25, 0.3) is 0 Å². The molecule has 0 spiro atoms. The quantitative estimate of drug-likeness (QED) is 0.922. The molecule has 0 saturated carbocycles. The third kappa shape index (κ3) is 2.21. The zero-order chi connectivity index (χ0) is 13.1. The van der Waals surface area contributed by atoms with Crippen LogP contribution in [0.2, 0.25) is 0 Å². The summed E-state index contributed by atoms with van der Waals surface area (Å²) < 4.78 is 10.6. The van der Waals surface area contributed by atoms with Gasteiger partial charge in [0.2, 0.25) is 0 Å². The molecule has 1 unspecified atom stereocenters. The maximum absolute atomic E-state index is 10.5. The van der Waals surface area contributed by atoms with Crippen LogP contribution in [-0.4, -0.2) is 19.3 Å². The lowest BCUT2D eigenvalue weighted by Gasteiger charge is -2.17. The lowest BCUT2D eigenvalue weighted by molar-refractivity contribution is 0.212. The number of ether oxygens (including phenoxy) is 2. The number of benzene rings is 1. The molecule has 0 saturated heterocycles. The Morgan fingerprint density at radius 2 is 1.72 bits per heavy atom. The Hall–Kier alpha value is -1.52. The molecule has 1 atom stereocenters. The van der Waals surface area contributed by atoms with E-state index in [4.69, 9.17) is 9.47 Å². The Balaban J connectivity index is 2.52. The second-order valence-corrected chi connectivity index (χ2v) is 4.89. The molecule has 0 radical (unpaired) electrons. The summed E-state index contributed by atoms with van der Waals surface area (Å²) in [7, 11) is 3.18. The lowest BCUT2D eigenvalue weighted by atomic mass is 10.0. The monoisotopic (exact) mass is 264 g/mol. The highest BCUT2D eigenvalue weighted by atomic mass is 32.1. The van der Waals surface area contributed by atoms with Gasteiger partial charge in [0.15, 0.2) is 0 Å². The molecule has 0 amide bonds. The van der Waals surface area contributed by atoms with E-state index in [0.717, 1.165) is 10.4 Å². The number of aryl methyl sites for hydroxylation is 1. The van der Waals surface area contributed by atoms with E-state index in [2.05, 4.69) is 0 Å². The average molecular weight is 264 g/mol. The number of rotatable bonds is 4. The predicted molar refractivity (Wildman–Crippen MR) is 72.7 cm³/mol. The van der Waals surface area contributed by atoms with Crippen molar-refractivity contribution in [2.24, 2.45) is 0 Å². The first-order valence-electron chi connectivity index (χ1n) is 5.62. The van der Waals surface area contributed by atoms with Gasteiger partial charge in [-0.3, -0.25) is 0 Å². The summed E-state index contributed by atoms with van der Waals surface area (Å²) in [6.07, 6.45) is -0.726. The zero-order valence-corrected chi connectivity index (χ0v) is 11.5. The molecule has 1 N–H and O–H groups in total.